The van der Waals surface area contributed by atoms with E-state index in [0.29, 0.717) is 49.4 Å². The second-order valence-corrected chi connectivity index (χ2v) is 10.8. The number of carbonyl (C=O) groups excluding carboxylic acids is 2. The zero-order valence-corrected chi connectivity index (χ0v) is 21.5. The molecule has 1 aliphatic heterocycles. The summed E-state index contributed by atoms with van der Waals surface area (Å²) in [4.78, 5) is 26.2. The molecule has 0 saturated carbocycles. The summed E-state index contributed by atoms with van der Waals surface area (Å²) in [5.41, 5.74) is 1.89. The highest BCUT2D eigenvalue weighted by Crippen LogP contribution is 2.26. The van der Waals surface area contributed by atoms with E-state index >= 15 is 0 Å². The maximum absolute atomic E-state index is 13.2. The van der Waals surface area contributed by atoms with Gasteiger partial charge in [-0.05, 0) is 61.2 Å². The van der Waals surface area contributed by atoms with E-state index in [9.17, 15) is 18.0 Å². The first kappa shape index (κ1) is 26.4. The molecule has 8 nitrogen and oxygen atoms in total. The van der Waals surface area contributed by atoms with Crippen LogP contribution < -0.4 is 15.4 Å². The highest BCUT2D eigenvalue weighted by atomic mass is 32.2. The Morgan fingerprint density at radius 3 is 2.41 bits per heavy atom. The van der Waals surface area contributed by atoms with Crippen molar-refractivity contribution in [1.82, 2.24) is 9.62 Å². The number of anilines is 1. The molecule has 0 spiro atoms. The van der Waals surface area contributed by atoms with Crippen LogP contribution in [0.5, 0.6) is 5.75 Å². The summed E-state index contributed by atoms with van der Waals surface area (Å²) in [6.45, 7) is 0.885. The lowest BCUT2D eigenvalue weighted by molar-refractivity contribution is -0.120. The molecule has 1 unspecified atom stereocenters. The Morgan fingerprint density at radius 2 is 1.68 bits per heavy atom. The normalized spacial score (nSPS) is 16.1. The molecule has 0 bridgehead atoms. The van der Waals surface area contributed by atoms with E-state index in [2.05, 4.69) is 10.6 Å². The summed E-state index contributed by atoms with van der Waals surface area (Å²) in [7, 11) is -2.23. The van der Waals surface area contributed by atoms with Crippen LogP contribution >= 0.6 is 0 Å². The Labute approximate surface area is 217 Å². The van der Waals surface area contributed by atoms with Gasteiger partial charge in [-0.2, -0.15) is 4.31 Å². The van der Waals surface area contributed by atoms with Crippen LogP contribution in [0.4, 0.5) is 5.69 Å². The van der Waals surface area contributed by atoms with Crippen molar-refractivity contribution in [1.29, 1.82) is 0 Å². The molecule has 1 fully saturated rings. The van der Waals surface area contributed by atoms with Gasteiger partial charge in [-0.1, -0.05) is 42.5 Å². The third kappa shape index (κ3) is 6.55. The summed E-state index contributed by atoms with van der Waals surface area (Å²) in [5.74, 6) is -0.549. The van der Waals surface area contributed by atoms with E-state index in [4.69, 9.17) is 4.74 Å². The Bertz CT molecular complexity index is 1330. The first-order valence-corrected chi connectivity index (χ1v) is 13.7. The highest BCUT2D eigenvalue weighted by molar-refractivity contribution is 7.89. The predicted molar refractivity (Wildman–Crippen MR) is 142 cm³/mol. The van der Waals surface area contributed by atoms with Crippen molar-refractivity contribution >= 4 is 27.5 Å². The number of hydrogen-bond acceptors (Lipinski definition) is 5. The number of para-hydroxylation sites is 1. The molecule has 1 aliphatic rings. The minimum absolute atomic E-state index is 0.0750. The number of amides is 2. The van der Waals surface area contributed by atoms with Crippen molar-refractivity contribution in [2.24, 2.45) is 5.92 Å². The number of nitrogens with one attached hydrogen (secondary N) is 2. The van der Waals surface area contributed by atoms with Crippen molar-refractivity contribution in [2.75, 3.05) is 32.1 Å². The van der Waals surface area contributed by atoms with Gasteiger partial charge in [0.2, 0.25) is 15.9 Å². The van der Waals surface area contributed by atoms with Crippen LogP contribution in [0.2, 0.25) is 0 Å². The molecule has 4 rings (SSSR count). The maximum Gasteiger partial charge on any atom is 0.253 e. The summed E-state index contributed by atoms with van der Waals surface area (Å²) in [6, 6.07) is 22.9. The maximum atomic E-state index is 13.2. The van der Waals surface area contributed by atoms with Crippen LogP contribution in [0.3, 0.4) is 0 Å². The number of ether oxygens (including phenoxy) is 1. The molecule has 0 aromatic heterocycles. The fraction of sp³-hybridized carbons (Fsp3) is 0.286. The van der Waals surface area contributed by atoms with Crippen molar-refractivity contribution in [3.63, 3.8) is 0 Å². The van der Waals surface area contributed by atoms with Gasteiger partial charge in [0.25, 0.3) is 5.91 Å². The van der Waals surface area contributed by atoms with Crippen LogP contribution in [0.1, 0.15) is 28.8 Å². The first-order valence-electron chi connectivity index (χ1n) is 12.2. The highest BCUT2D eigenvalue weighted by Gasteiger charge is 2.33. The smallest absolute Gasteiger partial charge is 0.253 e. The number of benzene rings is 3. The van der Waals surface area contributed by atoms with Gasteiger partial charge in [0.05, 0.1) is 29.2 Å². The fourth-order valence-electron chi connectivity index (χ4n) is 4.36. The first-order chi connectivity index (χ1) is 17.9. The van der Waals surface area contributed by atoms with Crippen molar-refractivity contribution in [3.05, 3.63) is 90.0 Å². The van der Waals surface area contributed by atoms with Crippen LogP contribution in [-0.4, -0.2) is 51.3 Å². The molecular formula is C28H31N3O5S. The number of sulfonamides is 1. The molecule has 0 aliphatic carbocycles. The molecule has 1 saturated heterocycles. The van der Waals surface area contributed by atoms with Crippen LogP contribution in [0, 0.1) is 5.92 Å². The Morgan fingerprint density at radius 1 is 0.973 bits per heavy atom. The van der Waals surface area contributed by atoms with Crippen molar-refractivity contribution in [2.45, 2.75) is 24.2 Å². The van der Waals surface area contributed by atoms with E-state index in [-0.39, 0.29) is 23.3 Å². The molecule has 2 N–H and O–H groups in total. The number of methoxy groups -OCH3 is 1. The quantitative estimate of drug-likeness (QED) is 0.447. The van der Waals surface area contributed by atoms with E-state index in [1.165, 1.54) is 23.5 Å². The average molecular weight is 522 g/mol. The number of hydrogen-bond donors (Lipinski definition) is 2. The Kier molecular flexibility index (Phi) is 8.58. The summed E-state index contributed by atoms with van der Waals surface area (Å²) >= 11 is 0. The minimum atomic E-state index is -3.75. The van der Waals surface area contributed by atoms with Crippen LogP contribution in [0.15, 0.2) is 83.8 Å². The van der Waals surface area contributed by atoms with Gasteiger partial charge in [0.1, 0.15) is 5.75 Å². The number of carbonyl (C=O) groups is 2. The molecule has 0 radical (unpaired) electrons. The molecule has 1 heterocycles. The van der Waals surface area contributed by atoms with Gasteiger partial charge in [0.15, 0.2) is 0 Å². The summed E-state index contributed by atoms with van der Waals surface area (Å²) in [5, 5.41) is 5.77. The lowest BCUT2D eigenvalue weighted by Gasteiger charge is -2.31. The molecule has 37 heavy (non-hydrogen) atoms. The lowest BCUT2D eigenvalue weighted by Crippen LogP contribution is -2.43. The van der Waals surface area contributed by atoms with Crippen LogP contribution in [-0.2, 0) is 21.2 Å². The standard InChI is InChI=1S/C28H31N3O5S/c1-36-23-13-15-24(16-14-23)37(34,35)31-19-7-10-22(20-31)27(32)30-26-12-6-5-11-25(26)28(33)29-18-17-21-8-3-2-4-9-21/h2-6,8-9,11-16,22H,7,10,17-20H2,1H3,(H,29,33)(H,30,32). The zero-order valence-electron chi connectivity index (χ0n) is 20.7. The Hall–Kier alpha value is -3.69. The van der Waals surface area contributed by atoms with E-state index < -0.39 is 15.9 Å². The topological polar surface area (TPSA) is 105 Å². The van der Waals surface area contributed by atoms with Gasteiger partial charge in [0, 0.05) is 19.6 Å². The molecule has 3 aromatic carbocycles. The molecule has 1 atom stereocenters. The van der Waals surface area contributed by atoms with Gasteiger partial charge < -0.3 is 15.4 Å². The molecule has 2 amide bonds. The van der Waals surface area contributed by atoms with E-state index in [0.717, 1.165) is 5.56 Å². The van der Waals surface area contributed by atoms with E-state index in [1.807, 2.05) is 30.3 Å². The largest absolute Gasteiger partial charge is 0.497 e. The van der Waals surface area contributed by atoms with Gasteiger partial charge >= 0.3 is 0 Å². The number of rotatable bonds is 9. The second-order valence-electron chi connectivity index (χ2n) is 8.90. The predicted octanol–water partition coefficient (Wildman–Crippen LogP) is 3.71. The lowest BCUT2D eigenvalue weighted by atomic mass is 9.98. The monoisotopic (exact) mass is 521 g/mol. The molecule has 3 aromatic rings. The van der Waals surface area contributed by atoms with Crippen molar-refractivity contribution < 1.29 is 22.7 Å². The number of nitrogens with zero attached hydrogens (tertiary/aromatic N) is 1. The third-order valence-corrected chi connectivity index (χ3v) is 8.30. The third-order valence-electron chi connectivity index (χ3n) is 6.42. The van der Waals surface area contributed by atoms with Crippen molar-refractivity contribution in [3.8, 4) is 5.75 Å². The van der Waals surface area contributed by atoms with Gasteiger partial charge in [-0.15, -0.1) is 0 Å². The number of piperidine rings is 1. The summed E-state index contributed by atoms with van der Waals surface area (Å²) in [6.07, 6.45) is 1.82. The summed E-state index contributed by atoms with van der Waals surface area (Å²) < 4.78 is 32.8. The van der Waals surface area contributed by atoms with Gasteiger partial charge in [-0.25, -0.2) is 8.42 Å². The molecule has 194 valence electrons. The molecular weight excluding hydrogens is 490 g/mol. The fourth-order valence-corrected chi connectivity index (χ4v) is 5.88. The zero-order chi connectivity index (χ0) is 26.3. The second kappa shape index (κ2) is 12.0. The van der Waals surface area contributed by atoms with Gasteiger partial charge in [-0.3, -0.25) is 9.59 Å². The van der Waals surface area contributed by atoms with Crippen LogP contribution in [0.25, 0.3) is 0 Å². The minimum Gasteiger partial charge on any atom is -0.497 e. The average Bonchev–Trinajstić information content (AvgIpc) is 2.94. The Balaban J connectivity index is 1.39. The SMILES string of the molecule is COc1ccc(S(=O)(=O)N2CCCC(C(=O)Nc3ccccc3C(=O)NCCc3ccccc3)C2)cc1. The van der Waals surface area contributed by atoms with E-state index in [1.54, 1.807) is 36.4 Å². The molecule has 9 heteroatoms.